The van der Waals surface area contributed by atoms with Crippen LogP contribution < -0.4 is 4.74 Å². The van der Waals surface area contributed by atoms with E-state index < -0.39 is 10.0 Å². The first-order valence-corrected chi connectivity index (χ1v) is 8.91. The summed E-state index contributed by atoms with van der Waals surface area (Å²) in [6, 6.07) is 6.66. The van der Waals surface area contributed by atoms with Crippen molar-refractivity contribution in [2.24, 2.45) is 5.92 Å². The maximum Gasteiger partial charge on any atom is 0.243 e. The van der Waals surface area contributed by atoms with E-state index in [-0.39, 0.29) is 19.3 Å². The first-order chi connectivity index (χ1) is 10.1. The number of sulfonamides is 1. The molecule has 0 aromatic heterocycles. The fourth-order valence-electron chi connectivity index (χ4n) is 2.37. The standard InChI is InChI=1S/C15H21NO4S/c17-9-10-20-14-5-7-15(8-6-14)21(18,19)16(13-3-4-13)11-12-1-2-12/h5-8,12-13,17H,1-4,9-11H2. The highest BCUT2D eigenvalue weighted by molar-refractivity contribution is 7.89. The van der Waals surface area contributed by atoms with E-state index in [0.717, 1.165) is 25.7 Å². The summed E-state index contributed by atoms with van der Waals surface area (Å²) in [7, 11) is -3.40. The molecule has 6 heteroatoms. The van der Waals surface area contributed by atoms with Crippen LogP contribution in [0.3, 0.4) is 0 Å². The molecule has 1 aromatic carbocycles. The first-order valence-electron chi connectivity index (χ1n) is 7.47. The lowest BCUT2D eigenvalue weighted by Gasteiger charge is -2.21. The molecule has 116 valence electrons. The fraction of sp³-hybridized carbons (Fsp3) is 0.600. The van der Waals surface area contributed by atoms with Crippen LogP contribution in [0, 0.1) is 5.92 Å². The molecule has 0 spiro atoms. The maximum absolute atomic E-state index is 12.7. The number of aliphatic hydroxyl groups excluding tert-OH is 1. The van der Waals surface area contributed by atoms with Gasteiger partial charge < -0.3 is 9.84 Å². The van der Waals surface area contributed by atoms with Crippen molar-refractivity contribution >= 4 is 10.0 Å². The Labute approximate surface area is 125 Å². The molecule has 0 bridgehead atoms. The average Bonchev–Trinajstić information content (AvgIpc) is 3.36. The summed E-state index contributed by atoms with van der Waals surface area (Å²) in [6.07, 6.45) is 4.24. The predicted octanol–water partition coefficient (Wildman–Crippen LogP) is 1.62. The van der Waals surface area contributed by atoms with E-state index in [1.54, 1.807) is 28.6 Å². The van der Waals surface area contributed by atoms with Gasteiger partial charge in [0.1, 0.15) is 12.4 Å². The highest BCUT2D eigenvalue weighted by Gasteiger charge is 2.41. The Kier molecular flexibility index (Phi) is 4.19. The van der Waals surface area contributed by atoms with Crippen LogP contribution in [-0.4, -0.2) is 43.6 Å². The van der Waals surface area contributed by atoms with Gasteiger partial charge in [0.15, 0.2) is 0 Å². The van der Waals surface area contributed by atoms with E-state index in [0.29, 0.717) is 23.1 Å². The van der Waals surface area contributed by atoms with Gasteiger partial charge in [-0.1, -0.05) is 0 Å². The molecule has 0 radical (unpaired) electrons. The molecule has 21 heavy (non-hydrogen) atoms. The summed E-state index contributed by atoms with van der Waals surface area (Å²) in [5.41, 5.74) is 0. The van der Waals surface area contributed by atoms with Gasteiger partial charge in [0.2, 0.25) is 10.0 Å². The Morgan fingerprint density at radius 1 is 1.14 bits per heavy atom. The largest absolute Gasteiger partial charge is 0.491 e. The molecule has 2 saturated carbocycles. The molecule has 5 nitrogen and oxygen atoms in total. The van der Waals surface area contributed by atoms with Crippen LogP contribution in [0.25, 0.3) is 0 Å². The number of aliphatic hydroxyl groups is 1. The molecule has 2 aliphatic rings. The molecule has 0 atom stereocenters. The van der Waals surface area contributed by atoms with Gasteiger partial charge in [-0.25, -0.2) is 8.42 Å². The molecule has 2 aliphatic carbocycles. The number of hydrogen-bond acceptors (Lipinski definition) is 4. The zero-order valence-corrected chi connectivity index (χ0v) is 12.8. The highest BCUT2D eigenvalue weighted by atomic mass is 32.2. The molecule has 1 N–H and O–H groups in total. The number of hydrogen-bond donors (Lipinski definition) is 1. The molecule has 1 aromatic rings. The van der Waals surface area contributed by atoms with Crippen molar-refractivity contribution in [3.05, 3.63) is 24.3 Å². The van der Waals surface area contributed by atoms with Crippen LogP contribution in [0.2, 0.25) is 0 Å². The lowest BCUT2D eigenvalue weighted by atomic mass is 10.3. The van der Waals surface area contributed by atoms with E-state index >= 15 is 0 Å². The Bertz CT molecular complexity index is 576. The average molecular weight is 311 g/mol. The minimum Gasteiger partial charge on any atom is -0.491 e. The minimum atomic E-state index is -3.40. The van der Waals surface area contributed by atoms with Crippen LogP contribution in [-0.2, 0) is 10.0 Å². The molecule has 0 amide bonds. The Morgan fingerprint density at radius 3 is 2.33 bits per heavy atom. The van der Waals surface area contributed by atoms with Crippen molar-refractivity contribution in [3.8, 4) is 5.75 Å². The van der Waals surface area contributed by atoms with E-state index in [1.165, 1.54) is 0 Å². The first kappa shape index (κ1) is 14.8. The molecular weight excluding hydrogens is 290 g/mol. The van der Waals surface area contributed by atoms with Crippen molar-refractivity contribution in [3.63, 3.8) is 0 Å². The summed E-state index contributed by atoms with van der Waals surface area (Å²) >= 11 is 0. The van der Waals surface area contributed by atoms with Crippen molar-refractivity contribution in [1.82, 2.24) is 4.31 Å². The number of benzene rings is 1. The monoisotopic (exact) mass is 311 g/mol. The fourth-order valence-corrected chi connectivity index (χ4v) is 4.13. The smallest absolute Gasteiger partial charge is 0.243 e. The molecule has 0 saturated heterocycles. The number of ether oxygens (including phenoxy) is 1. The topological polar surface area (TPSA) is 66.8 Å². The maximum atomic E-state index is 12.7. The van der Waals surface area contributed by atoms with Gasteiger partial charge in [-0.3, -0.25) is 0 Å². The number of nitrogens with zero attached hydrogens (tertiary/aromatic N) is 1. The quantitative estimate of drug-likeness (QED) is 0.792. The van der Waals surface area contributed by atoms with Crippen LogP contribution in [0.5, 0.6) is 5.75 Å². The van der Waals surface area contributed by atoms with E-state index in [2.05, 4.69) is 0 Å². The van der Waals surface area contributed by atoms with Gasteiger partial charge >= 0.3 is 0 Å². The summed E-state index contributed by atoms with van der Waals surface area (Å²) in [6.45, 7) is 0.814. The summed E-state index contributed by atoms with van der Waals surface area (Å²) in [5.74, 6) is 1.12. The second-order valence-electron chi connectivity index (χ2n) is 5.79. The van der Waals surface area contributed by atoms with Gasteiger partial charge in [0, 0.05) is 12.6 Å². The van der Waals surface area contributed by atoms with Gasteiger partial charge in [-0.2, -0.15) is 4.31 Å². The van der Waals surface area contributed by atoms with Crippen molar-refractivity contribution in [1.29, 1.82) is 0 Å². The summed E-state index contributed by atoms with van der Waals surface area (Å²) in [5, 5.41) is 8.71. The van der Waals surface area contributed by atoms with Gasteiger partial charge in [-0.05, 0) is 55.9 Å². The van der Waals surface area contributed by atoms with Crippen molar-refractivity contribution in [2.45, 2.75) is 36.6 Å². The zero-order chi connectivity index (χ0) is 14.9. The van der Waals surface area contributed by atoms with Crippen LogP contribution in [0.4, 0.5) is 0 Å². The molecule has 3 rings (SSSR count). The van der Waals surface area contributed by atoms with Gasteiger partial charge in [0.25, 0.3) is 0 Å². The molecule has 0 aliphatic heterocycles. The Balaban J connectivity index is 1.75. The predicted molar refractivity (Wildman–Crippen MR) is 78.7 cm³/mol. The Hall–Kier alpha value is -1.11. The Morgan fingerprint density at radius 2 is 1.81 bits per heavy atom. The van der Waals surface area contributed by atoms with Crippen LogP contribution >= 0.6 is 0 Å². The van der Waals surface area contributed by atoms with E-state index in [4.69, 9.17) is 9.84 Å². The molecular formula is C15H21NO4S. The van der Waals surface area contributed by atoms with Gasteiger partial charge in [0.05, 0.1) is 11.5 Å². The lowest BCUT2D eigenvalue weighted by Crippen LogP contribution is -2.34. The third-order valence-electron chi connectivity index (χ3n) is 3.88. The van der Waals surface area contributed by atoms with Gasteiger partial charge in [-0.15, -0.1) is 0 Å². The SMILES string of the molecule is O=S(=O)(c1ccc(OCCO)cc1)N(CC1CC1)C1CC1. The summed E-state index contributed by atoms with van der Waals surface area (Å²) in [4.78, 5) is 0.325. The highest BCUT2D eigenvalue weighted by Crippen LogP contribution is 2.38. The lowest BCUT2D eigenvalue weighted by molar-refractivity contribution is 0.201. The van der Waals surface area contributed by atoms with E-state index in [1.807, 2.05) is 0 Å². The normalized spacial score (nSPS) is 19.0. The second kappa shape index (κ2) is 5.94. The molecule has 0 unspecified atom stereocenters. The third kappa shape index (κ3) is 3.56. The van der Waals surface area contributed by atoms with Crippen molar-refractivity contribution in [2.75, 3.05) is 19.8 Å². The molecule has 0 heterocycles. The van der Waals surface area contributed by atoms with Crippen LogP contribution in [0.1, 0.15) is 25.7 Å². The van der Waals surface area contributed by atoms with E-state index in [9.17, 15) is 8.42 Å². The number of rotatable bonds is 8. The van der Waals surface area contributed by atoms with Crippen LogP contribution in [0.15, 0.2) is 29.2 Å². The summed E-state index contributed by atoms with van der Waals surface area (Å²) < 4.78 is 32.4. The third-order valence-corrected chi connectivity index (χ3v) is 5.81. The minimum absolute atomic E-state index is 0.0586. The zero-order valence-electron chi connectivity index (χ0n) is 11.9. The molecule has 2 fully saturated rings. The second-order valence-corrected chi connectivity index (χ2v) is 7.68. The van der Waals surface area contributed by atoms with Crippen molar-refractivity contribution < 1.29 is 18.3 Å².